The molecule has 2 aromatic carbocycles. The molecule has 5 heteroatoms. The summed E-state index contributed by atoms with van der Waals surface area (Å²) >= 11 is 0. The molecule has 0 N–H and O–H groups in total. The Morgan fingerprint density at radius 1 is 0.710 bits per heavy atom. The van der Waals surface area contributed by atoms with Crippen LogP contribution in [0.1, 0.15) is 24.0 Å². The van der Waals surface area contributed by atoms with Crippen molar-refractivity contribution in [2.75, 3.05) is 28.4 Å². The highest BCUT2D eigenvalue weighted by molar-refractivity contribution is 5.92. The van der Waals surface area contributed by atoms with Crippen LogP contribution in [0.2, 0.25) is 0 Å². The first-order valence-electron chi connectivity index (χ1n) is 10.1. The maximum Gasteiger partial charge on any atom is 0.161 e. The molecular formula is C26H28O5. The van der Waals surface area contributed by atoms with E-state index >= 15 is 0 Å². The molecule has 2 aromatic rings. The van der Waals surface area contributed by atoms with Crippen molar-refractivity contribution in [1.29, 1.82) is 0 Å². The highest BCUT2D eigenvalue weighted by atomic mass is 16.5. The van der Waals surface area contributed by atoms with E-state index in [1.54, 1.807) is 34.5 Å². The summed E-state index contributed by atoms with van der Waals surface area (Å²) in [7, 11) is 6.46. The highest BCUT2D eigenvalue weighted by Gasteiger charge is 2.17. The minimum absolute atomic E-state index is 0.139. The zero-order valence-electron chi connectivity index (χ0n) is 18.4. The number of methoxy groups -OCH3 is 4. The predicted molar refractivity (Wildman–Crippen MR) is 123 cm³/mol. The largest absolute Gasteiger partial charge is 0.493 e. The Balaban J connectivity index is 1.70. The topological polar surface area (TPSA) is 54.0 Å². The lowest BCUT2D eigenvalue weighted by Gasteiger charge is -2.17. The molecule has 31 heavy (non-hydrogen) atoms. The van der Waals surface area contributed by atoms with Gasteiger partial charge in [0.25, 0.3) is 0 Å². The van der Waals surface area contributed by atoms with E-state index in [0.717, 1.165) is 23.1 Å². The van der Waals surface area contributed by atoms with E-state index in [9.17, 15) is 4.79 Å². The van der Waals surface area contributed by atoms with Crippen LogP contribution in [0.5, 0.6) is 23.0 Å². The average Bonchev–Trinajstić information content (AvgIpc) is 2.80. The van der Waals surface area contributed by atoms with E-state index in [4.69, 9.17) is 18.9 Å². The molecule has 162 valence electrons. The molecule has 0 heterocycles. The van der Waals surface area contributed by atoms with E-state index in [1.807, 2.05) is 54.6 Å². The molecule has 0 bridgehead atoms. The Morgan fingerprint density at radius 3 is 1.81 bits per heavy atom. The van der Waals surface area contributed by atoms with Gasteiger partial charge >= 0.3 is 0 Å². The second kappa shape index (κ2) is 10.5. The van der Waals surface area contributed by atoms with Crippen molar-refractivity contribution in [2.24, 2.45) is 5.92 Å². The van der Waals surface area contributed by atoms with Crippen molar-refractivity contribution in [2.45, 2.75) is 12.8 Å². The minimum atomic E-state index is 0.139. The van der Waals surface area contributed by atoms with Crippen LogP contribution in [0.15, 0.2) is 60.2 Å². The molecule has 0 amide bonds. The predicted octanol–water partition coefficient (Wildman–Crippen LogP) is 5.35. The molecule has 0 saturated carbocycles. The van der Waals surface area contributed by atoms with Gasteiger partial charge in [-0.3, -0.25) is 4.79 Å². The number of hydrogen-bond acceptors (Lipinski definition) is 5. The van der Waals surface area contributed by atoms with Crippen LogP contribution < -0.4 is 18.9 Å². The van der Waals surface area contributed by atoms with Crippen molar-refractivity contribution in [3.05, 3.63) is 71.3 Å². The number of allylic oxidation sites excluding steroid dienone is 4. The van der Waals surface area contributed by atoms with Gasteiger partial charge in [-0.05, 0) is 59.4 Å². The molecule has 0 saturated heterocycles. The van der Waals surface area contributed by atoms with Gasteiger partial charge in [0, 0.05) is 6.42 Å². The molecule has 1 atom stereocenters. The lowest BCUT2D eigenvalue weighted by molar-refractivity contribution is -0.115. The third kappa shape index (κ3) is 5.79. The molecule has 0 spiro atoms. The Kier molecular flexibility index (Phi) is 7.55. The van der Waals surface area contributed by atoms with Gasteiger partial charge in [-0.1, -0.05) is 36.4 Å². The fourth-order valence-electron chi connectivity index (χ4n) is 3.57. The summed E-state index contributed by atoms with van der Waals surface area (Å²) in [6.45, 7) is 0. The number of ether oxygens (including phenoxy) is 4. The maximum atomic E-state index is 12.3. The molecule has 3 rings (SSSR count). The third-order valence-electron chi connectivity index (χ3n) is 5.17. The maximum absolute atomic E-state index is 12.3. The van der Waals surface area contributed by atoms with Crippen LogP contribution in [-0.4, -0.2) is 34.2 Å². The Labute approximate surface area is 183 Å². The fraction of sp³-hybridized carbons (Fsp3) is 0.269. The first kappa shape index (κ1) is 22.2. The number of ketones is 1. The fourth-order valence-corrected chi connectivity index (χ4v) is 3.57. The highest BCUT2D eigenvalue weighted by Crippen LogP contribution is 2.31. The summed E-state index contributed by atoms with van der Waals surface area (Å²) < 4.78 is 21.3. The molecule has 0 unspecified atom stereocenters. The first-order chi connectivity index (χ1) is 15.1. The summed E-state index contributed by atoms with van der Waals surface area (Å²) in [6.07, 6.45) is 11.2. The summed E-state index contributed by atoms with van der Waals surface area (Å²) in [5.41, 5.74) is 2.99. The van der Waals surface area contributed by atoms with Gasteiger partial charge in [0.05, 0.1) is 28.4 Å². The quantitative estimate of drug-likeness (QED) is 0.576. The van der Waals surface area contributed by atoms with Crippen molar-refractivity contribution in [3.63, 3.8) is 0 Å². The Hall–Kier alpha value is -3.47. The average molecular weight is 421 g/mol. The minimum Gasteiger partial charge on any atom is -0.493 e. The number of benzene rings is 2. The Bertz CT molecular complexity index is 1020. The van der Waals surface area contributed by atoms with E-state index < -0.39 is 0 Å². The zero-order valence-corrected chi connectivity index (χ0v) is 18.4. The van der Waals surface area contributed by atoms with Gasteiger partial charge in [0.15, 0.2) is 28.8 Å². The van der Waals surface area contributed by atoms with E-state index in [1.165, 1.54) is 0 Å². The van der Waals surface area contributed by atoms with E-state index in [2.05, 4.69) is 6.08 Å². The molecule has 0 aliphatic heterocycles. The van der Waals surface area contributed by atoms with Crippen molar-refractivity contribution in [3.8, 4) is 23.0 Å². The van der Waals surface area contributed by atoms with Gasteiger partial charge in [0.2, 0.25) is 0 Å². The number of carbonyl (C=O) groups is 1. The number of rotatable bonds is 8. The van der Waals surface area contributed by atoms with Crippen molar-refractivity contribution >= 4 is 17.9 Å². The molecule has 0 aromatic heterocycles. The van der Waals surface area contributed by atoms with Crippen LogP contribution in [0, 0.1) is 5.92 Å². The molecule has 0 fully saturated rings. The standard InChI is InChI=1S/C26H28O5/c1-28-23-11-9-18(16-25(23)30-3)5-7-20-13-21(15-22(27)14-20)8-6-19-10-12-24(29-2)26(17-19)31-4/h5-12,14,16-17,21H,13,15H2,1-4H3/b7-5+,8-6+/t21-/m1/s1. The summed E-state index contributed by atoms with van der Waals surface area (Å²) in [4.78, 5) is 12.3. The zero-order chi connectivity index (χ0) is 22.2. The summed E-state index contributed by atoms with van der Waals surface area (Å²) in [5.74, 6) is 3.03. The molecular weight excluding hydrogens is 392 g/mol. The van der Waals surface area contributed by atoms with Crippen molar-refractivity contribution in [1.82, 2.24) is 0 Å². The SMILES string of the molecule is COc1ccc(/C=C/C2=CC(=O)C[C@H](/C=C/c3ccc(OC)c(OC)c3)C2)cc1OC. The molecule has 1 aliphatic carbocycles. The van der Waals surface area contributed by atoms with Gasteiger partial charge in [0.1, 0.15) is 0 Å². The summed E-state index contributed by atoms with van der Waals surface area (Å²) in [6, 6.07) is 11.5. The summed E-state index contributed by atoms with van der Waals surface area (Å²) in [5, 5.41) is 0. The van der Waals surface area contributed by atoms with Gasteiger partial charge in [-0.2, -0.15) is 0 Å². The monoisotopic (exact) mass is 420 g/mol. The van der Waals surface area contributed by atoms with Crippen LogP contribution in [0.3, 0.4) is 0 Å². The first-order valence-corrected chi connectivity index (χ1v) is 10.1. The lowest BCUT2D eigenvalue weighted by Crippen LogP contribution is -2.11. The Morgan fingerprint density at radius 2 is 1.26 bits per heavy atom. The van der Waals surface area contributed by atoms with Gasteiger partial charge in [-0.25, -0.2) is 0 Å². The van der Waals surface area contributed by atoms with E-state index in [0.29, 0.717) is 29.4 Å². The molecule has 5 nitrogen and oxygen atoms in total. The normalized spacial score (nSPS) is 16.5. The second-order valence-electron chi connectivity index (χ2n) is 7.28. The second-order valence-corrected chi connectivity index (χ2v) is 7.28. The molecule has 0 radical (unpaired) electrons. The lowest BCUT2D eigenvalue weighted by atomic mass is 9.87. The van der Waals surface area contributed by atoms with Crippen molar-refractivity contribution < 1.29 is 23.7 Å². The van der Waals surface area contributed by atoms with Crippen LogP contribution in [-0.2, 0) is 4.79 Å². The third-order valence-corrected chi connectivity index (χ3v) is 5.17. The van der Waals surface area contributed by atoms with Gasteiger partial charge < -0.3 is 18.9 Å². The number of carbonyl (C=O) groups excluding carboxylic acids is 1. The van der Waals surface area contributed by atoms with E-state index in [-0.39, 0.29) is 11.7 Å². The van der Waals surface area contributed by atoms with Gasteiger partial charge in [-0.15, -0.1) is 0 Å². The molecule has 1 aliphatic rings. The smallest absolute Gasteiger partial charge is 0.161 e. The van der Waals surface area contributed by atoms with Crippen LogP contribution >= 0.6 is 0 Å². The van der Waals surface area contributed by atoms with Crippen LogP contribution in [0.4, 0.5) is 0 Å². The number of hydrogen-bond donors (Lipinski definition) is 0. The van der Waals surface area contributed by atoms with Crippen LogP contribution in [0.25, 0.3) is 12.2 Å².